The predicted molar refractivity (Wildman–Crippen MR) is 76.7 cm³/mol. The van der Waals surface area contributed by atoms with Gasteiger partial charge in [0.15, 0.2) is 6.54 Å². The molecule has 1 aliphatic rings. The third-order valence-electron chi connectivity index (χ3n) is 3.38. The van der Waals surface area contributed by atoms with Crippen LogP contribution < -0.4 is 10.2 Å². The van der Waals surface area contributed by atoms with E-state index in [1.807, 2.05) is 24.3 Å². The van der Waals surface area contributed by atoms with Crippen LogP contribution in [0.5, 0.6) is 0 Å². The number of halogens is 1. The minimum Gasteiger partial charge on any atom is -0.327 e. The maximum absolute atomic E-state index is 12.0. The van der Waals surface area contributed by atoms with Crippen molar-refractivity contribution >= 4 is 27.5 Å². The molecule has 1 aromatic carbocycles. The average Bonchev–Trinajstić information content (AvgIpc) is 2.28. The van der Waals surface area contributed by atoms with Crippen LogP contribution in [0.15, 0.2) is 28.7 Å². The highest BCUT2D eigenvalue weighted by atomic mass is 79.9. The van der Waals surface area contributed by atoms with Crippen molar-refractivity contribution in [3.63, 3.8) is 0 Å². The van der Waals surface area contributed by atoms with Gasteiger partial charge in [0.25, 0.3) is 5.91 Å². The van der Waals surface area contributed by atoms with Crippen molar-refractivity contribution in [1.82, 2.24) is 0 Å². The number of piperidine rings is 1. The lowest BCUT2D eigenvalue weighted by molar-refractivity contribution is -0.900. The third kappa shape index (κ3) is 4.10. The minimum atomic E-state index is 0.109. The highest BCUT2D eigenvalue weighted by molar-refractivity contribution is 9.10. The SMILES string of the molecule is C[C@@H]1CCC[NH+](CC(=O)Nc2cccc(Br)c2)C1. The van der Waals surface area contributed by atoms with Crippen LogP contribution >= 0.6 is 15.9 Å². The van der Waals surface area contributed by atoms with Crippen molar-refractivity contribution in [2.24, 2.45) is 5.92 Å². The Labute approximate surface area is 117 Å². The van der Waals surface area contributed by atoms with Crippen molar-refractivity contribution in [3.05, 3.63) is 28.7 Å². The van der Waals surface area contributed by atoms with E-state index in [9.17, 15) is 4.79 Å². The smallest absolute Gasteiger partial charge is 0.279 e. The molecule has 0 radical (unpaired) electrons. The topological polar surface area (TPSA) is 33.5 Å². The monoisotopic (exact) mass is 311 g/mol. The number of carbonyl (C=O) groups is 1. The fourth-order valence-electron chi connectivity index (χ4n) is 2.56. The van der Waals surface area contributed by atoms with Gasteiger partial charge in [0.2, 0.25) is 0 Å². The summed E-state index contributed by atoms with van der Waals surface area (Å²) in [4.78, 5) is 13.4. The normalized spacial score (nSPS) is 23.7. The molecule has 1 aliphatic heterocycles. The Morgan fingerprint density at radius 3 is 3.11 bits per heavy atom. The number of anilines is 1. The van der Waals surface area contributed by atoms with E-state index < -0.39 is 0 Å². The standard InChI is InChI=1S/C14H19BrN2O/c1-11-4-3-7-17(9-11)10-14(18)16-13-6-2-5-12(15)8-13/h2,5-6,8,11H,3-4,7,9-10H2,1H3,(H,16,18)/p+1/t11-/m1/s1. The van der Waals surface area contributed by atoms with Crippen molar-refractivity contribution in [2.45, 2.75) is 19.8 Å². The molecule has 98 valence electrons. The summed E-state index contributed by atoms with van der Waals surface area (Å²) < 4.78 is 0.985. The number of hydrogen-bond donors (Lipinski definition) is 2. The molecule has 3 nitrogen and oxygen atoms in total. The second-order valence-electron chi connectivity index (χ2n) is 5.19. The summed E-state index contributed by atoms with van der Waals surface area (Å²) in [6.45, 7) is 5.09. The first-order chi connectivity index (χ1) is 8.63. The fraction of sp³-hybridized carbons (Fsp3) is 0.500. The van der Waals surface area contributed by atoms with Crippen LogP contribution in [0.1, 0.15) is 19.8 Å². The molecule has 0 saturated carbocycles. The summed E-state index contributed by atoms with van der Waals surface area (Å²) in [5.41, 5.74) is 0.860. The lowest BCUT2D eigenvalue weighted by atomic mass is 10.0. The number of benzene rings is 1. The van der Waals surface area contributed by atoms with E-state index in [1.165, 1.54) is 17.7 Å². The number of hydrogen-bond acceptors (Lipinski definition) is 1. The number of quaternary nitrogens is 1. The fourth-order valence-corrected chi connectivity index (χ4v) is 2.96. The van der Waals surface area contributed by atoms with E-state index in [2.05, 4.69) is 28.2 Å². The van der Waals surface area contributed by atoms with Gasteiger partial charge in [-0.05, 0) is 31.0 Å². The first kappa shape index (κ1) is 13.6. The molecule has 0 aromatic heterocycles. The Bertz CT molecular complexity index is 422. The van der Waals surface area contributed by atoms with Gasteiger partial charge in [-0.2, -0.15) is 0 Å². The molecule has 1 aromatic rings. The van der Waals surface area contributed by atoms with Gasteiger partial charge < -0.3 is 10.2 Å². The van der Waals surface area contributed by atoms with E-state index >= 15 is 0 Å². The molecule has 1 saturated heterocycles. The number of nitrogens with one attached hydrogen (secondary N) is 2. The molecule has 1 fully saturated rings. The molecule has 1 unspecified atom stereocenters. The van der Waals surface area contributed by atoms with Crippen molar-refractivity contribution in [2.75, 3.05) is 25.0 Å². The van der Waals surface area contributed by atoms with Gasteiger partial charge in [0.05, 0.1) is 13.1 Å². The van der Waals surface area contributed by atoms with Gasteiger partial charge in [0.1, 0.15) is 0 Å². The van der Waals surface area contributed by atoms with Crippen LogP contribution in [0, 0.1) is 5.92 Å². The molecular weight excluding hydrogens is 292 g/mol. The minimum absolute atomic E-state index is 0.109. The number of amides is 1. The van der Waals surface area contributed by atoms with E-state index in [0.717, 1.165) is 29.2 Å². The second-order valence-corrected chi connectivity index (χ2v) is 6.10. The average molecular weight is 312 g/mol. The lowest BCUT2D eigenvalue weighted by Crippen LogP contribution is -3.14. The summed E-state index contributed by atoms with van der Waals surface area (Å²) in [7, 11) is 0. The Kier molecular flexibility index (Phi) is 4.78. The molecule has 0 spiro atoms. The summed E-state index contributed by atoms with van der Waals surface area (Å²) in [6.07, 6.45) is 2.54. The zero-order valence-electron chi connectivity index (χ0n) is 10.7. The molecular formula is C14H20BrN2O+. The zero-order chi connectivity index (χ0) is 13.0. The first-order valence-electron chi connectivity index (χ1n) is 6.52. The van der Waals surface area contributed by atoms with Crippen molar-refractivity contribution in [1.29, 1.82) is 0 Å². The summed E-state index contributed by atoms with van der Waals surface area (Å²) >= 11 is 3.40. The summed E-state index contributed by atoms with van der Waals surface area (Å²) in [6, 6.07) is 7.71. The molecule has 1 amide bonds. The number of carbonyl (C=O) groups excluding carboxylic acids is 1. The van der Waals surface area contributed by atoms with Gasteiger partial charge >= 0.3 is 0 Å². The van der Waals surface area contributed by atoms with Crippen LogP contribution in [0.4, 0.5) is 5.69 Å². The van der Waals surface area contributed by atoms with Crippen molar-refractivity contribution in [3.8, 4) is 0 Å². The second kappa shape index (κ2) is 6.34. The Morgan fingerprint density at radius 1 is 1.56 bits per heavy atom. The molecule has 1 heterocycles. The molecule has 0 aliphatic carbocycles. The highest BCUT2D eigenvalue weighted by Gasteiger charge is 2.21. The van der Waals surface area contributed by atoms with Gasteiger partial charge in [-0.1, -0.05) is 28.9 Å². The molecule has 0 bridgehead atoms. The Morgan fingerprint density at radius 2 is 2.39 bits per heavy atom. The van der Waals surface area contributed by atoms with Crippen LogP contribution in [-0.2, 0) is 4.79 Å². The van der Waals surface area contributed by atoms with Gasteiger partial charge in [0, 0.05) is 16.1 Å². The Hall–Kier alpha value is -0.870. The third-order valence-corrected chi connectivity index (χ3v) is 3.88. The molecule has 4 heteroatoms. The number of likely N-dealkylation sites (tertiary alicyclic amines) is 1. The van der Waals surface area contributed by atoms with E-state index in [1.54, 1.807) is 0 Å². The van der Waals surface area contributed by atoms with E-state index in [4.69, 9.17) is 0 Å². The van der Waals surface area contributed by atoms with Crippen LogP contribution in [0.2, 0.25) is 0 Å². The lowest BCUT2D eigenvalue weighted by Gasteiger charge is -2.27. The largest absolute Gasteiger partial charge is 0.327 e. The zero-order valence-corrected chi connectivity index (χ0v) is 12.3. The highest BCUT2D eigenvalue weighted by Crippen LogP contribution is 2.15. The summed E-state index contributed by atoms with van der Waals surface area (Å²) in [5.74, 6) is 0.851. The Balaban J connectivity index is 1.85. The maximum atomic E-state index is 12.0. The molecule has 18 heavy (non-hydrogen) atoms. The molecule has 2 rings (SSSR count). The van der Waals surface area contributed by atoms with E-state index in [-0.39, 0.29) is 5.91 Å². The van der Waals surface area contributed by atoms with Gasteiger partial charge in [-0.3, -0.25) is 4.79 Å². The maximum Gasteiger partial charge on any atom is 0.279 e. The van der Waals surface area contributed by atoms with Crippen LogP contribution in [0.25, 0.3) is 0 Å². The summed E-state index contributed by atoms with van der Waals surface area (Å²) in [5, 5.41) is 2.96. The predicted octanol–water partition coefficient (Wildman–Crippen LogP) is 1.70. The van der Waals surface area contributed by atoms with Crippen LogP contribution in [0.3, 0.4) is 0 Å². The van der Waals surface area contributed by atoms with Gasteiger partial charge in [-0.25, -0.2) is 0 Å². The van der Waals surface area contributed by atoms with Crippen LogP contribution in [-0.4, -0.2) is 25.5 Å². The quantitative estimate of drug-likeness (QED) is 0.875. The molecule has 2 atom stereocenters. The van der Waals surface area contributed by atoms with Gasteiger partial charge in [-0.15, -0.1) is 0 Å². The molecule has 2 N–H and O–H groups in total. The van der Waals surface area contributed by atoms with E-state index in [0.29, 0.717) is 6.54 Å². The number of rotatable bonds is 3. The first-order valence-corrected chi connectivity index (χ1v) is 7.32. The van der Waals surface area contributed by atoms with Crippen molar-refractivity contribution < 1.29 is 9.69 Å².